The van der Waals surface area contributed by atoms with Crippen LogP contribution in [0, 0.1) is 5.82 Å². The highest BCUT2D eigenvalue weighted by Gasteiger charge is 2.13. The highest BCUT2D eigenvalue weighted by atomic mass is 19.1. The van der Waals surface area contributed by atoms with Crippen molar-refractivity contribution in [1.82, 2.24) is 15.1 Å². The number of carbonyl (C=O) groups excluding carboxylic acids is 1. The average molecular weight is 265 g/mol. The Labute approximate surface area is 113 Å². The maximum absolute atomic E-state index is 13.0. The first-order chi connectivity index (χ1) is 9.15. The Balaban J connectivity index is 1.72. The number of nitrogens with zero attached hydrogens (tertiary/aromatic N) is 2. The second kappa shape index (κ2) is 6.63. The average Bonchev–Trinajstić information content (AvgIpc) is 2.41. The smallest absolute Gasteiger partial charge is 0.251 e. The monoisotopic (exact) mass is 265 g/mol. The Morgan fingerprint density at radius 3 is 2.74 bits per heavy atom. The fourth-order valence-corrected chi connectivity index (χ4v) is 2.13. The van der Waals surface area contributed by atoms with Crippen LogP contribution >= 0.6 is 0 Å². The number of halogens is 1. The van der Waals surface area contributed by atoms with Gasteiger partial charge in [0.05, 0.1) is 0 Å². The molecule has 1 aromatic rings. The summed E-state index contributed by atoms with van der Waals surface area (Å²) in [6.07, 6.45) is 0. The molecule has 1 aromatic carbocycles. The van der Waals surface area contributed by atoms with Crippen molar-refractivity contribution in [1.29, 1.82) is 0 Å². The Kier molecular flexibility index (Phi) is 4.87. The molecule has 2 rings (SSSR count). The van der Waals surface area contributed by atoms with Crippen molar-refractivity contribution in [3.8, 4) is 0 Å². The van der Waals surface area contributed by atoms with Crippen LogP contribution in [0.1, 0.15) is 10.4 Å². The van der Waals surface area contributed by atoms with E-state index in [-0.39, 0.29) is 11.7 Å². The summed E-state index contributed by atoms with van der Waals surface area (Å²) < 4.78 is 13.0. The predicted molar refractivity (Wildman–Crippen MR) is 72.7 cm³/mol. The van der Waals surface area contributed by atoms with Crippen LogP contribution in [0.25, 0.3) is 0 Å². The summed E-state index contributed by atoms with van der Waals surface area (Å²) in [5.41, 5.74) is 0.373. The van der Waals surface area contributed by atoms with Crippen LogP contribution < -0.4 is 5.32 Å². The molecule has 104 valence electrons. The number of piperazine rings is 1. The SMILES string of the molecule is CN1CCN(CCNC(=O)c2cccc(F)c2)CC1. The minimum atomic E-state index is -0.383. The first-order valence-electron chi connectivity index (χ1n) is 6.60. The van der Waals surface area contributed by atoms with Crippen LogP contribution in [-0.4, -0.2) is 62.0 Å². The third-order valence-corrected chi connectivity index (χ3v) is 3.40. The first kappa shape index (κ1) is 14.0. The number of hydrogen-bond acceptors (Lipinski definition) is 3. The van der Waals surface area contributed by atoms with Gasteiger partial charge in [0.2, 0.25) is 0 Å². The van der Waals surface area contributed by atoms with Gasteiger partial charge < -0.3 is 10.2 Å². The van der Waals surface area contributed by atoms with Crippen molar-refractivity contribution in [2.45, 2.75) is 0 Å². The molecule has 1 aliphatic heterocycles. The molecule has 0 aliphatic carbocycles. The van der Waals surface area contributed by atoms with Gasteiger partial charge in [-0.2, -0.15) is 0 Å². The van der Waals surface area contributed by atoms with Gasteiger partial charge in [0.25, 0.3) is 5.91 Å². The van der Waals surface area contributed by atoms with E-state index in [0.717, 1.165) is 32.7 Å². The molecule has 19 heavy (non-hydrogen) atoms. The molecule has 0 bridgehead atoms. The zero-order valence-corrected chi connectivity index (χ0v) is 11.2. The van der Waals surface area contributed by atoms with E-state index in [1.54, 1.807) is 12.1 Å². The third kappa shape index (κ3) is 4.29. The highest BCUT2D eigenvalue weighted by molar-refractivity contribution is 5.94. The summed E-state index contributed by atoms with van der Waals surface area (Å²) in [6, 6.07) is 5.76. The third-order valence-electron chi connectivity index (χ3n) is 3.40. The molecule has 0 saturated carbocycles. The van der Waals surface area contributed by atoms with Crippen LogP contribution in [0.3, 0.4) is 0 Å². The van der Waals surface area contributed by atoms with E-state index in [4.69, 9.17) is 0 Å². The highest BCUT2D eigenvalue weighted by Crippen LogP contribution is 2.03. The summed E-state index contributed by atoms with van der Waals surface area (Å²) >= 11 is 0. The molecule has 0 atom stereocenters. The number of rotatable bonds is 4. The van der Waals surface area contributed by atoms with Gasteiger partial charge in [-0.3, -0.25) is 9.69 Å². The van der Waals surface area contributed by atoms with Gasteiger partial charge in [-0.1, -0.05) is 6.07 Å². The fourth-order valence-electron chi connectivity index (χ4n) is 2.13. The summed E-state index contributed by atoms with van der Waals surface area (Å²) in [4.78, 5) is 16.4. The number of likely N-dealkylation sites (N-methyl/N-ethyl adjacent to an activating group) is 1. The lowest BCUT2D eigenvalue weighted by atomic mass is 10.2. The van der Waals surface area contributed by atoms with Crippen molar-refractivity contribution >= 4 is 5.91 Å². The summed E-state index contributed by atoms with van der Waals surface area (Å²) in [6.45, 7) is 5.64. The quantitative estimate of drug-likeness (QED) is 0.875. The Morgan fingerprint density at radius 2 is 2.05 bits per heavy atom. The molecule has 1 N–H and O–H groups in total. The fraction of sp³-hybridized carbons (Fsp3) is 0.500. The van der Waals surface area contributed by atoms with Crippen LogP contribution in [0.5, 0.6) is 0 Å². The molecular weight excluding hydrogens is 245 g/mol. The lowest BCUT2D eigenvalue weighted by Gasteiger charge is -2.32. The van der Waals surface area contributed by atoms with Crippen LogP contribution in [0.4, 0.5) is 4.39 Å². The van der Waals surface area contributed by atoms with Crippen LogP contribution in [0.2, 0.25) is 0 Å². The standard InChI is InChI=1S/C14H20FN3O/c1-17-7-9-18(10-8-17)6-5-16-14(19)12-3-2-4-13(15)11-12/h2-4,11H,5-10H2,1H3,(H,16,19). The lowest BCUT2D eigenvalue weighted by molar-refractivity contribution is 0.0940. The van der Waals surface area contributed by atoms with Crippen molar-refractivity contribution in [3.63, 3.8) is 0 Å². The lowest BCUT2D eigenvalue weighted by Crippen LogP contribution is -2.46. The predicted octanol–water partition coefficient (Wildman–Crippen LogP) is 0.803. The molecule has 0 spiro atoms. The maximum Gasteiger partial charge on any atom is 0.251 e. The normalized spacial score (nSPS) is 17.4. The molecule has 4 nitrogen and oxygen atoms in total. The van der Waals surface area contributed by atoms with Crippen molar-refractivity contribution in [3.05, 3.63) is 35.6 Å². The molecule has 0 aromatic heterocycles. The molecule has 0 radical (unpaired) electrons. The largest absolute Gasteiger partial charge is 0.351 e. The number of amides is 1. The van der Waals surface area contributed by atoms with Crippen molar-refractivity contribution in [2.24, 2.45) is 0 Å². The summed E-state index contributed by atoms with van der Waals surface area (Å²) in [5, 5.41) is 2.82. The molecule has 1 saturated heterocycles. The van der Waals surface area contributed by atoms with Crippen molar-refractivity contribution in [2.75, 3.05) is 46.3 Å². The van der Waals surface area contributed by atoms with E-state index in [2.05, 4.69) is 22.2 Å². The summed E-state index contributed by atoms with van der Waals surface area (Å²) in [5.74, 6) is -0.597. The minimum Gasteiger partial charge on any atom is -0.351 e. The topological polar surface area (TPSA) is 35.6 Å². The zero-order chi connectivity index (χ0) is 13.7. The van der Waals surface area contributed by atoms with E-state index in [9.17, 15) is 9.18 Å². The minimum absolute atomic E-state index is 0.214. The first-order valence-corrected chi connectivity index (χ1v) is 6.60. The van der Waals surface area contributed by atoms with Gasteiger partial charge in [-0.25, -0.2) is 4.39 Å². The molecular formula is C14H20FN3O. The Bertz CT molecular complexity index is 430. The van der Waals surface area contributed by atoms with Gasteiger partial charge in [0.15, 0.2) is 0 Å². The van der Waals surface area contributed by atoms with Gasteiger partial charge in [0, 0.05) is 44.8 Å². The molecule has 1 aliphatic rings. The zero-order valence-electron chi connectivity index (χ0n) is 11.2. The second-order valence-corrected chi connectivity index (χ2v) is 4.91. The second-order valence-electron chi connectivity index (χ2n) is 4.91. The molecule has 1 heterocycles. The van der Waals surface area contributed by atoms with Gasteiger partial charge in [0.1, 0.15) is 5.82 Å². The van der Waals surface area contributed by atoms with E-state index >= 15 is 0 Å². The van der Waals surface area contributed by atoms with Crippen molar-refractivity contribution < 1.29 is 9.18 Å². The number of carbonyl (C=O) groups is 1. The van der Waals surface area contributed by atoms with Crippen LogP contribution in [0.15, 0.2) is 24.3 Å². The van der Waals surface area contributed by atoms with Gasteiger partial charge in [-0.05, 0) is 25.2 Å². The number of benzene rings is 1. The summed E-state index contributed by atoms with van der Waals surface area (Å²) in [7, 11) is 2.11. The van der Waals surface area contributed by atoms with Crippen LogP contribution in [-0.2, 0) is 0 Å². The molecule has 1 amide bonds. The molecule has 5 heteroatoms. The van der Waals surface area contributed by atoms with E-state index in [1.807, 2.05) is 0 Å². The number of nitrogens with one attached hydrogen (secondary N) is 1. The molecule has 1 fully saturated rings. The Hall–Kier alpha value is -1.46. The maximum atomic E-state index is 13.0. The number of hydrogen-bond donors (Lipinski definition) is 1. The van der Waals surface area contributed by atoms with E-state index in [1.165, 1.54) is 12.1 Å². The Morgan fingerprint density at radius 1 is 1.32 bits per heavy atom. The van der Waals surface area contributed by atoms with Gasteiger partial charge >= 0.3 is 0 Å². The molecule has 0 unspecified atom stereocenters. The van der Waals surface area contributed by atoms with E-state index in [0.29, 0.717) is 12.1 Å². The van der Waals surface area contributed by atoms with E-state index < -0.39 is 0 Å². The van der Waals surface area contributed by atoms with Gasteiger partial charge in [-0.15, -0.1) is 0 Å².